The van der Waals surface area contributed by atoms with Gasteiger partial charge >= 0.3 is 0 Å². The summed E-state index contributed by atoms with van der Waals surface area (Å²) in [5.41, 5.74) is 1.15. The molecule has 19 heavy (non-hydrogen) atoms. The van der Waals surface area contributed by atoms with Crippen LogP contribution in [0.1, 0.15) is 45.0 Å². The molecule has 0 aliphatic carbocycles. The number of aliphatic hydroxyl groups is 1. The first-order chi connectivity index (χ1) is 8.99. The first-order valence-electron chi connectivity index (χ1n) is 7.07. The molecule has 2 atom stereocenters. The zero-order valence-electron chi connectivity index (χ0n) is 11.9. The number of ether oxygens (including phenoxy) is 1. The van der Waals surface area contributed by atoms with Crippen LogP contribution in [-0.2, 0) is 24.1 Å². The summed E-state index contributed by atoms with van der Waals surface area (Å²) in [6.45, 7) is 7.47. The molecule has 0 radical (unpaired) electrons. The van der Waals surface area contributed by atoms with Gasteiger partial charge in [0.1, 0.15) is 0 Å². The molecule has 0 spiro atoms. The van der Waals surface area contributed by atoms with Crippen LogP contribution in [0.3, 0.4) is 0 Å². The quantitative estimate of drug-likeness (QED) is 0.925. The molecular formula is C14H23ClN2O2. The van der Waals surface area contributed by atoms with Gasteiger partial charge in [-0.05, 0) is 26.7 Å². The van der Waals surface area contributed by atoms with Crippen molar-refractivity contribution in [3.63, 3.8) is 0 Å². The van der Waals surface area contributed by atoms with Crippen LogP contribution < -0.4 is 0 Å². The van der Waals surface area contributed by atoms with E-state index in [1.54, 1.807) is 0 Å². The van der Waals surface area contributed by atoms with Crippen LogP contribution in [0.5, 0.6) is 0 Å². The zero-order chi connectivity index (χ0) is 14.0. The number of rotatable bonds is 4. The topological polar surface area (TPSA) is 47.3 Å². The Morgan fingerprint density at radius 2 is 2.26 bits per heavy atom. The SMILES string of the molecule is CCc1nn(CC)c(CC2(O)CCOC(C)C2)c1Cl. The Bertz CT molecular complexity index is 447. The van der Waals surface area contributed by atoms with Crippen LogP contribution in [0.2, 0.25) is 5.02 Å². The summed E-state index contributed by atoms with van der Waals surface area (Å²) in [7, 11) is 0. The highest BCUT2D eigenvalue weighted by Crippen LogP contribution is 2.32. The number of aryl methyl sites for hydroxylation is 2. The molecule has 0 saturated carbocycles. The second kappa shape index (κ2) is 5.81. The molecule has 1 aromatic heterocycles. The van der Waals surface area contributed by atoms with Gasteiger partial charge in [0.25, 0.3) is 0 Å². The van der Waals surface area contributed by atoms with Crippen LogP contribution >= 0.6 is 11.6 Å². The third-order valence-electron chi connectivity index (χ3n) is 3.83. The molecule has 4 nitrogen and oxygen atoms in total. The van der Waals surface area contributed by atoms with Gasteiger partial charge in [0, 0.05) is 26.0 Å². The Kier molecular flexibility index (Phi) is 4.54. The Hall–Kier alpha value is -0.580. The Morgan fingerprint density at radius 1 is 1.53 bits per heavy atom. The van der Waals surface area contributed by atoms with E-state index < -0.39 is 5.60 Å². The summed E-state index contributed by atoms with van der Waals surface area (Å²) >= 11 is 6.40. The molecule has 0 bridgehead atoms. The number of halogens is 1. The molecule has 2 heterocycles. The second-order valence-corrected chi connectivity index (χ2v) is 5.79. The van der Waals surface area contributed by atoms with E-state index in [0.29, 0.717) is 25.9 Å². The lowest BCUT2D eigenvalue weighted by atomic mass is 9.86. The average molecular weight is 287 g/mol. The predicted octanol–water partition coefficient (Wildman–Crippen LogP) is 2.59. The van der Waals surface area contributed by atoms with Gasteiger partial charge in [-0.1, -0.05) is 18.5 Å². The molecule has 108 valence electrons. The maximum atomic E-state index is 10.7. The van der Waals surface area contributed by atoms with Gasteiger partial charge < -0.3 is 9.84 Å². The fourth-order valence-electron chi connectivity index (χ4n) is 2.80. The van der Waals surface area contributed by atoms with Crippen LogP contribution in [-0.4, -0.2) is 33.2 Å². The molecule has 1 fully saturated rings. The van der Waals surface area contributed by atoms with Gasteiger partial charge in [0.05, 0.1) is 28.1 Å². The first-order valence-corrected chi connectivity index (χ1v) is 7.45. The average Bonchev–Trinajstić information content (AvgIpc) is 2.65. The highest BCUT2D eigenvalue weighted by Gasteiger charge is 2.35. The lowest BCUT2D eigenvalue weighted by Crippen LogP contribution is -2.42. The summed E-state index contributed by atoms with van der Waals surface area (Å²) in [4.78, 5) is 0. The van der Waals surface area contributed by atoms with Crippen LogP contribution in [0.4, 0.5) is 0 Å². The van der Waals surface area contributed by atoms with Crippen LogP contribution in [0.15, 0.2) is 0 Å². The lowest BCUT2D eigenvalue weighted by Gasteiger charge is -2.35. The minimum atomic E-state index is -0.723. The van der Waals surface area contributed by atoms with Crippen molar-refractivity contribution < 1.29 is 9.84 Å². The summed E-state index contributed by atoms with van der Waals surface area (Å²) in [5.74, 6) is 0. The van der Waals surface area contributed by atoms with E-state index in [1.807, 2.05) is 25.5 Å². The van der Waals surface area contributed by atoms with Crippen molar-refractivity contribution in [1.29, 1.82) is 0 Å². The molecule has 1 aliphatic heterocycles. The number of nitrogens with zero attached hydrogens (tertiary/aromatic N) is 2. The number of hydrogen-bond donors (Lipinski definition) is 1. The Labute approximate surface area is 119 Å². The molecule has 1 aromatic rings. The van der Waals surface area contributed by atoms with Crippen molar-refractivity contribution in [1.82, 2.24) is 9.78 Å². The minimum Gasteiger partial charge on any atom is -0.389 e. The lowest BCUT2D eigenvalue weighted by molar-refractivity contribution is -0.0968. The molecule has 2 unspecified atom stereocenters. The molecule has 1 N–H and O–H groups in total. The Balaban J connectivity index is 2.24. The maximum absolute atomic E-state index is 10.7. The molecule has 0 aromatic carbocycles. The van der Waals surface area contributed by atoms with Crippen molar-refractivity contribution in [3.05, 3.63) is 16.4 Å². The second-order valence-electron chi connectivity index (χ2n) is 5.41. The summed E-state index contributed by atoms with van der Waals surface area (Å²) in [6.07, 6.45) is 2.78. The van der Waals surface area contributed by atoms with E-state index >= 15 is 0 Å². The van der Waals surface area contributed by atoms with E-state index in [2.05, 4.69) is 5.10 Å². The van der Waals surface area contributed by atoms with E-state index in [4.69, 9.17) is 16.3 Å². The standard InChI is InChI=1S/C14H23ClN2O2/c1-4-11-13(15)12(17(5-2)16-11)9-14(18)6-7-19-10(3)8-14/h10,18H,4-9H2,1-3H3. The normalized spacial score (nSPS) is 27.7. The van der Waals surface area contributed by atoms with E-state index in [1.165, 1.54) is 0 Å². The molecular weight excluding hydrogens is 264 g/mol. The molecule has 1 aliphatic rings. The van der Waals surface area contributed by atoms with Gasteiger partial charge in [0.15, 0.2) is 0 Å². The third-order valence-corrected chi connectivity index (χ3v) is 4.26. The van der Waals surface area contributed by atoms with Crippen molar-refractivity contribution >= 4 is 11.6 Å². The summed E-state index contributed by atoms with van der Waals surface area (Å²) in [6, 6.07) is 0. The summed E-state index contributed by atoms with van der Waals surface area (Å²) in [5, 5.41) is 16.0. The van der Waals surface area contributed by atoms with Crippen molar-refractivity contribution in [2.24, 2.45) is 0 Å². The van der Waals surface area contributed by atoms with Gasteiger partial charge in [-0.2, -0.15) is 5.10 Å². The van der Waals surface area contributed by atoms with Crippen molar-refractivity contribution in [2.75, 3.05) is 6.61 Å². The number of hydrogen-bond acceptors (Lipinski definition) is 3. The largest absolute Gasteiger partial charge is 0.389 e. The molecule has 5 heteroatoms. The molecule has 1 saturated heterocycles. The molecule has 0 amide bonds. The van der Waals surface area contributed by atoms with E-state index in [9.17, 15) is 5.11 Å². The third kappa shape index (κ3) is 3.12. The smallest absolute Gasteiger partial charge is 0.0850 e. The molecule has 2 rings (SSSR count). The van der Waals surface area contributed by atoms with Gasteiger partial charge in [-0.15, -0.1) is 0 Å². The van der Waals surface area contributed by atoms with Crippen LogP contribution in [0.25, 0.3) is 0 Å². The van der Waals surface area contributed by atoms with Crippen molar-refractivity contribution in [2.45, 2.75) is 64.7 Å². The fraction of sp³-hybridized carbons (Fsp3) is 0.786. The highest BCUT2D eigenvalue weighted by atomic mass is 35.5. The predicted molar refractivity (Wildman–Crippen MR) is 75.6 cm³/mol. The maximum Gasteiger partial charge on any atom is 0.0850 e. The number of aromatic nitrogens is 2. The fourth-order valence-corrected chi connectivity index (χ4v) is 3.14. The van der Waals surface area contributed by atoms with Crippen LogP contribution in [0, 0.1) is 0 Å². The highest BCUT2D eigenvalue weighted by molar-refractivity contribution is 6.31. The zero-order valence-corrected chi connectivity index (χ0v) is 12.7. The first kappa shape index (κ1) is 14.8. The van der Waals surface area contributed by atoms with Gasteiger partial charge in [-0.3, -0.25) is 4.68 Å². The summed E-state index contributed by atoms with van der Waals surface area (Å²) < 4.78 is 7.42. The minimum absolute atomic E-state index is 0.0983. The van der Waals surface area contributed by atoms with E-state index in [0.717, 1.165) is 29.4 Å². The van der Waals surface area contributed by atoms with E-state index in [-0.39, 0.29) is 6.10 Å². The van der Waals surface area contributed by atoms with Crippen molar-refractivity contribution in [3.8, 4) is 0 Å². The van der Waals surface area contributed by atoms with Gasteiger partial charge in [0.2, 0.25) is 0 Å². The van der Waals surface area contributed by atoms with Gasteiger partial charge in [-0.25, -0.2) is 0 Å². The monoisotopic (exact) mass is 286 g/mol. The Morgan fingerprint density at radius 3 is 2.84 bits per heavy atom.